The third-order valence-electron chi connectivity index (χ3n) is 3.89. The van der Waals surface area contributed by atoms with Crippen LogP contribution in [-0.4, -0.2) is 15.2 Å². The molecular formula is C17H16N4OS. The topological polar surface area (TPSA) is 66.7 Å². The Hall–Kier alpha value is -2.60. The van der Waals surface area contributed by atoms with Crippen molar-refractivity contribution in [3.05, 3.63) is 64.7 Å². The Bertz CT molecular complexity index is 939. The summed E-state index contributed by atoms with van der Waals surface area (Å²) in [5.74, 6) is 0.847. The van der Waals surface area contributed by atoms with Crippen LogP contribution in [0.25, 0.3) is 10.9 Å². The number of hydrogen-bond acceptors (Lipinski definition) is 5. The molecule has 0 fully saturated rings. The summed E-state index contributed by atoms with van der Waals surface area (Å²) in [6.07, 6.45) is 3.72. The molecule has 0 bridgehead atoms. The maximum absolute atomic E-state index is 5.66. The number of rotatable bonds is 4. The molecule has 4 rings (SSSR count). The van der Waals surface area contributed by atoms with Gasteiger partial charge >= 0.3 is 0 Å². The Kier molecular flexibility index (Phi) is 3.38. The highest BCUT2D eigenvalue weighted by atomic mass is 32.1. The largest absolute Gasteiger partial charge is 0.467 e. The number of hydrogen-bond donors (Lipinski definition) is 2. The second kappa shape index (κ2) is 5.55. The number of H-pyrrole nitrogens is 1. The molecule has 0 spiro atoms. The zero-order valence-electron chi connectivity index (χ0n) is 12.8. The lowest BCUT2D eigenvalue weighted by Gasteiger charge is -2.15. The minimum absolute atomic E-state index is 0.118. The third kappa shape index (κ3) is 2.51. The van der Waals surface area contributed by atoms with Gasteiger partial charge in [0.25, 0.3) is 0 Å². The van der Waals surface area contributed by atoms with Gasteiger partial charge in [0, 0.05) is 22.7 Å². The van der Waals surface area contributed by atoms with E-state index in [0.29, 0.717) is 0 Å². The van der Waals surface area contributed by atoms with E-state index in [1.54, 1.807) is 6.26 Å². The number of aryl methyl sites for hydroxylation is 2. The lowest BCUT2D eigenvalue weighted by Crippen LogP contribution is -2.11. The first-order valence-corrected chi connectivity index (χ1v) is 8.20. The number of nitrogens with zero attached hydrogens (tertiary/aromatic N) is 2. The van der Waals surface area contributed by atoms with Crippen molar-refractivity contribution >= 4 is 27.4 Å². The van der Waals surface area contributed by atoms with Crippen LogP contribution in [0.3, 0.4) is 0 Å². The number of aromatic nitrogens is 3. The van der Waals surface area contributed by atoms with Gasteiger partial charge in [0.05, 0.1) is 6.26 Å². The van der Waals surface area contributed by atoms with E-state index in [0.717, 1.165) is 27.0 Å². The Balaban J connectivity index is 1.82. The average Bonchev–Trinajstić information content (AvgIpc) is 3.25. The van der Waals surface area contributed by atoms with Crippen molar-refractivity contribution in [2.75, 3.05) is 5.32 Å². The summed E-state index contributed by atoms with van der Waals surface area (Å²) in [6.45, 7) is 4.05. The van der Waals surface area contributed by atoms with Gasteiger partial charge in [0.15, 0.2) is 0 Å². The van der Waals surface area contributed by atoms with E-state index in [2.05, 4.69) is 45.6 Å². The minimum Gasteiger partial charge on any atom is -0.467 e. The molecule has 3 heterocycles. The van der Waals surface area contributed by atoms with Crippen LogP contribution in [0.4, 0.5) is 5.13 Å². The SMILES string of the molecule is Cc1nnc(NC(c2ccco2)c2c[nH]c3c(C)cccc23)s1. The number of furan rings is 1. The lowest BCUT2D eigenvalue weighted by atomic mass is 10.0. The predicted molar refractivity (Wildman–Crippen MR) is 91.9 cm³/mol. The van der Waals surface area contributed by atoms with Crippen molar-refractivity contribution in [1.29, 1.82) is 0 Å². The second-order valence-corrected chi connectivity index (χ2v) is 6.64. The van der Waals surface area contributed by atoms with Crippen LogP contribution in [0, 0.1) is 13.8 Å². The van der Waals surface area contributed by atoms with Gasteiger partial charge in [-0.1, -0.05) is 29.5 Å². The maximum Gasteiger partial charge on any atom is 0.206 e. The summed E-state index contributed by atoms with van der Waals surface area (Å²) >= 11 is 1.53. The van der Waals surface area contributed by atoms with Gasteiger partial charge in [-0.05, 0) is 31.5 Å². The molecule has 1 unspecified atom stereocenters. The molecule has 2 N–H and O–H groups in total. The standard InChI is InChI=1S/C17H16N4OS/c1-10-5-3-6-12-13(9-18-15(10)12)16(14-7-4-8-22-14)19-17-21-20-11(2)23-17/h3-9,16,18H,1-2H3,(H,19,21). The van der Waals surface area contributed by atoms with Crippen LogP contribution >= 0.6 is 11.3 Å². The van der Waals surface area contributed by atoms with Gasteiger partial charge in [0.2, 0.25) is 5.13 Å². The molecule has 0 saturated heterocycles. The molecule has 6 heteroatoms. The van der Waals surface area contributed by atoms with Crippen molar-refractivity contribution < 1.29 is 4.42 Å². The molecule has 5 nitrogen and oxygen atoms in total. The molecule has 0 aliphatic heterocycles. The summed E-state index contributed by atoms with van der Waals surface area (Å²) < 4.78 is 5.66. The van der Waals surface area contributed by atoms with Crippen molar-refractivity contribution in [3.63, 3.8) is 0 Å². The highest BCUT2D eigenvalue weighted by molar-refractivity contribution is 7.15. The van der Waals surface area contributed by atoms with E-state index in [1.165, 1.54) is 22.3 Å². The average molecular weight is 324 g/mol. The fraction of sp³-hybridized carbons (Fsp3) is 0.176. The van der Waals surface area contributed by atoms with Gasteiger partial charge in [0.1, 0.15) is 16.8 Å². The summed E-state index contributed by atoms with van der Waals surface area (Å²) in [6, 6.07) is 10.1. The Labute approximate surface area is 137 Å². The molecule has 0 saturated carbocycles. The second-order valence-electron chi connectivity index (χ2n) is 5.46. The van der Waals surface area contributed by atoms with Crippen LogP contribution in [0.1, 0.15) is 27.9 Å². The molecular weight excluding hydrogens is 308 g/mol. The molecule has 1 aromatic carbocycles. The molecule has 4 aromatic rings. The van der Waals surface area contributed by atoms with E-state index in [-0.39, 0.29) is 6.04 Å². The molecule has 0 aliphatic carbocycles. The number of aromatic amines is 1. The quantitative estimate of drug-likeness (QED) is 0.583. The molecule has 23 heavy (non-hydrogen) atoms. The molecule has 116 valence electrons. The summed E-state index contributed by atoms with van der Waals surface area (Å²) in [5, 5.41) is 14.6. The van der Waals surface area contributed by atoms with Gasteiger partial charge in [-0.2, -0.15) is 0 Å². The Morgan fingerprint density at radius 1 is 1.17 bits per heavy atom. The van der Waals surface area contributed by atoms with Gasteiger partial charge in [-0.3, -0.25) is 0 Å². The van der Waals surface area contributed by atoms with Crippen molar-refractivity contribution in [2.45, 2.75) is 19.9 Å². The molecule has 0 aliphatic rings. The number of benzene rings is 1. The van der Waals surface area contributed by atoms with Crippen LogP contribution in [0.2, 0.25) is 0 Å². The van der Waals surface area contributed by atoms with Gasteiger partial charge < -0.3 is 14.7 Å². The minimum atomic E-state index is -0.118. The van der Waals surface area contributed by atoms with Crippen LogP contribution in [0.5, 0.6) is 0 Å². The summed E-state index contributed by atoms with van der Waals surface area (Å²) in [5.41, 5.74) is 3.50. The zero-order chi connectivity index (χ0) is 15.8. The zero-order valence-corrected chi connectivity index (χ0v) is 13.6. The number of nitrogens with one attached hydrogen (secondary N) is 2. The number of anilines is 1. The number of fused-ring (bicyclic) bond motifs is 1. The summed E-state index contributed by atoms with van der Waals surface area (Å²) in [4.78, 5) is 3.38. The van der Waals surface area contributed by atoms with Gasteiger partial charge in [-0.15, -0.1) is 10.2 Å². The predicted octanol–water partition coefficient (Wildman–Crippen LogP) is 4.43. The van der Waals surface area contributed by atoms with Crippen molar-refractivity contribution in [2.24, 2.45) is 0 Å². The van der Waals surface area contributed by atoms with Crippen LogP contribution in [0.15, 0.2) is 47.2 Å². The summed E-state index contributed by atoms with van der Waals surface area (Å²) in [7, 11) is 0. The third-order valence-corrected chi connectivity index (χ3v) is 4.66. The highest BCUT2D eigenvalue weighted by Crippen LogP contribution is 2.33. The fourth-order valence-electron chi connectivity index (χ4n) is 2.80. The van der Waals surface area contributed by atoms with Crippen molar-refractivity contribution in [1.82, 2.24) is 15.2 Å². The molecule has 0 amide bonds. The van der Waals surface area contributed by atoms with Crippen LogP contribution in [-0.2, 0) is 0 Å². The molecule has 3 aromatic heterocycles. The molecule has 1 atom stereocenters. The van der Waals surface area contributed by atoms with E-state index in [9.17, 15) is 0 Å². The van der Waals surface area contributed by atoms with Crippen molar-refractivity contribution in [3.8, 4) is 0 Å². The Morgan fingerprint density at radius 2 is 2.09 bits per heavy atom. The monoisotopic (exact) mass is 324 g/mol. The highest BCUT2D eigenvalue weighted by Gasteiger charge is 2.22. The molecule has 0 radical (unpaired) electrons. The first kappa shape index (κ1) is 14.0. The number of para-hydroxylation sites is 1. The maximum atomic E-state index is 5.66. The van der Waals surface area contributed by atoms with E-state index in [4.69, 9.17) is 4.42 Å². The lowest BCUT2D eigenvalue weighted by molar-refractivity contribution is 0.499. The normalized spacial score (nSPS) is 12.6. The van der Waals surface area contributed by atoms with E-state index < -0.39 is 0 Å². The Morgan fingerprint density at radius 3 is 2.83 bits per heavy atom. The smallest absolute Gasteiger partial charge is 0.206 e. The van der Waals surface area contributed by atoms with E-state index in [1.807, 2.05) is 25.3 Å². The van der Waals surface area contributed by atoms with E-state index >= 15 is 0 Å². The first-order chi connectivity index (χ1) is 11.2. The van der Waals surface area contributed by atoms with Gasteiger partial charge in [-0.25, -0.2) is 0 Å². The first-order valence-electron chi connectivity index (χ1n) is 7.39. The fourth-order valence-corrected chi connectivity index (χ4v) is 3.42. The van der Waals surface area contributed by atoms with Crippen LogP contribution < -0.4 is 5.32 Å².